The zero-order valence-corrected chi connectivity index (χ0v) is 30.4. The highest BCUT2D eigenvalue weighted by Gasteiger charge is 2.53. The molecule has 1 aromatic heterocycles. The Morgan fingerprint density at radius 3 is 2.34 bits per heavy atom. The van der Waals surface area contributed by atoms with E-state index in [4.69, 9.17) is 24.8 Å². The van der Waals surface area contributed by atoms with Crippen LogP contribution in [0.4, 0.5) is 5.13 Å². The topological polar surface area (TPSA) is 155 Å². The van der Waals surface area contributed by atoms with Gasteiger partial charge in [-0.3, -0.25) is 14.5 Å². The van der Waals surface area contributed by atoms with Gasteiger partial charge in [-0.2, -0.15) is 0 Å². The lowest BCUT2D eigenvalue weighted by molar-refractivity contribution is -0.155. The number of rotatable bonds is 24. The molecule has 15 heteroatoms. The molecule has 0 bridgehead atoms. The second kappa shape index (κ2) is 23.0. The third kappa shape index (κ3) is 13.2. The molecule has 1 saturated heterocycles. The third-order valence-electron chi connectivity index (χ3n) is 7.70. The van der Waals surface area contributed by atoms with Gasteiger partial charge >= 0.3 is 5.97 Å². The van der Waals surface area contributed by atoms with Gasteiger partial charge in [0.25, 0.3) is 11.8 Å². The number of nitrogens with two attached hydrogens (primary N) is 1. The van der Waals surface area contributed by atoms with Crippen molar-refractivity contribution in [1.82, 2.24) is 15.2 Å². The summed E-state index contributed by atoms with van der Waals surface area (Å²) in [5.74, 6) is -1.17. The van der Waals surface area contributed by atoms with Crippen molar-refractivity contribution in [2.24, 2.45) is 5.16 Å². The van der Waals surface area contributed by atoms with Crippen LogP contribution in [0.3, 0.4) is 0 Å². The molecule has 0 radical (unpaired) electrons. The highest BCUT2D eigenvalue weighted by Crippen LogP contribution is 2.38. The molecule has 0 spiro atoms. The lowest BCUT2D eigenvalue weighted by Gasteiger charge is -2.48. The molecule has 0 aliphatic carbocycles. The van der Waals surface area contributed by atoms with Crippen LogP contribution >= 0.6 is 35.5 Å². The quantitative estimate of drug-likeness (QED) is 0.0464. The first kappa shape index (κ1) is 40.8. The SMILES string of the molecule is CCCCCCCCOCC(COC(=O)C1=CCSC2C(NC(=O)/C(=N/OC)c3csc(N)n3)C(=O)N12)OCCCCCCCC.Cl. The van der Waals surface area contributed by atoms with Crippen LogP contribution in [0.25, 0.3) is 0 Å². The first-order valence-electron chi connectivity index (χ1n) is 16.6. The predicted octanol–water partition coefficient (Wildman–Crippen LogP) is 5.45. The number of ether oxygens (including phenoxy) is 3. The minimum absolute atomic E-state index is 0. The van der Waals surface area contributed by atoms with Crippen LogP contribution in [-0.2, 0) is 33.4 Å². The summed E-state index contributed by atoms with van der Waals surface area (Å²) in [6.07, 6.45) is 15.3. The van der Waals surface area contributed by atoms with Crippen LogP contribution in [-0.4, -0.2) is 90.2 Å². The number of β-lactam (4-membered cyclic amide) rings is 1. The molecule has 1 fully saturated rings. The fourth-order valence-electron chi connectivity index (χ4n) is 5.15. The number of carbonyl (C=O) groups excluding carboxylic acids is 3. The number of hydrogen-bond donors (Lipinski definition) is 2. The molecule has 47 heavy (non-hydrogen) atoms. The molecule has 266 valence electrons. The van der Waals surface area contributed by atoms with E-state index in [2.05, 4.69) is 29.3 Å². The highest BCUT2D eigenvalue weighted by molar-refractivity contribution is 8.00. The monoisotopic (exact) mass is 717 g/mol. The average molecular weight is 718 g/mol. The van der Waals surface area contributed by atoms with Crippen LogP contribution in [0.15, 0.2) is 22.3 Å². The molecule has 3 N–H and O–H groups in total. The van der Waals surface area contributed by atoms with Gasteiger partial charge in [0, 0.05) is 24.3 Å². The fraction of sp³-hybridized carbons (Fsp3) is 0.719. The van der Waals surface area contributed by atoms with Gasteiger partial charge in [0.15, 0.2) is 10.8 Å². The van der Waals surface area contributed by atoms with Crippen LogP contribution in [0.5, 0.6) is 0 Å². The number of anilines is 1. The molecule has 3 heterocycles. The summed E-state index contributed by atoms with van der Waals surface area (Å²) in [7, 11) is 1.31. The van der Waals surface area contributed by atoms with Crippen molar-refractivity contribution < 1.29 is 33.4 Å². The molecule has 1 aromatic rings. The number of aromatic nitrogens is 1. The lowest BCUT2D eigenvalue weighted by atomic mass is 10.0. The second-order valence-electron chi connectivity index (χ2n) is 11.4. The Balaban J connectivity index is 0.00000768. The molecule has 2 aliphatic heterocycles. The number of fused-ring (bicyclic) bond motifs is 1. The maximum atomic E-state index is 13.2. The largest absolute Gasteiger partial charge is 0.458 e. The van der Waals surface area contributed by atoms with E-state index in [0.717, 1.165) is 37.0 Å². The summed E-state index contributed by atoms with van der Waals surface area (Å²) in [6.45, 7) is 5.98. The van der Waals surface area contributed by atoms with E-state index >= 15 is 0 Å². The minimum atomic E-state index is -0.851. The van der Waals surface area contributed by atoms with Crippen molar-refractivity contribution in [1.29, 1.82) is 0 Å². The predicted molar refractivity (Wildman–Crippen MR) is 189 cm³/mol. The van der Waals surface area contributed by atoms with Crippen molar-refractivity contribution in [2.75, 3.05) is 45.0 Å². The van der Waals surface area contributed by atoms with E-state index in [1.807, 2.05) is 0 Å². The van der Waals surface area contributed by atoms with Gasteiger partial charge in [0.05, 0.1) is 6.61 Å². The Hall–Kier alpha value is -2.39. The fourth-order valence-corrected chi connectivity index (χ4v) is 6.89. The van der Waals surface area contributed by atoms with E-state index in [9.17, 15) is 14.4 Å². The van der Waals surface area contributed by atoms with Crippen molar-refractivity contribution in [3.05, 3.63) is 22.8 Å². The van der Waals surface area contributed by atoms with Crippen LogP contribution < -0.4 is 11.1 Å². The zero-order valence-electron chi connectivity index (χ0n) is 27.9. The summed E-state index contributed by atoms with van der Waals surface area (Å²) in [4.78, 5) is 49.6. The van der Waals surface area contributed by atoms with Gasteiger partial charge in [0.1, 0.15) is 42.6 Å². The van der Waals surface area contributed by atoms with E-state index in [0.29, 0.717) is 25.6 Å². The molecular formula is C32H52ClN5O7S2. The summed E-state index contributed by atoms with van der Waals surface area (Å²) in [6, 6.07) is -0.851. The van der Waals surface area contributed by atoms with Crippen LogP contribution in [0.2, 0.25) is 0 Å². The Bertz CT molecular complexity index is 1170. The van der Waals surface area contributed by atoms with E-state index in [-0.39, 0.29) is 41.2 Å². The summed E-state index contributed by atoms with van der Waals surface area (Å²) >= 11 is 2.59. The Kier molecular flexibility index (Phi) is 20.0. The lowest BCUT2D eigenvalue weighted by Crippen LogP contribution is -2.70. The number of nitrogen functional groups attached to an aromatic ring is 1. The Labute approximate surface area is 293 Å². The standard InChI is InChI=1S/C32H51N5O7S2.ClH/c1-4-6-8-10-12-14-17-42-20-23(43-18-15-13-11-9-7-5-2)21-44-31(40)25-16-19-45-30-27(29(39)37(25)30)35-28(38)26(36-41-3)24-22-46-32(33)34-24;/h16,22-23,27,30H,4-15,17-21H2,1-3H3,(H2,33,34)(H,35,38);1H/b36-26+;. The molecule has 0 saturated carbocycles. The number of thioether (sulfide) groups is 1. The van der Waals surface area contributed by atoms with Crippen molar-refractivity contribution in [3.8, 4) is 0 Å². The maximum absolute atomic E-state index is 13.2. The summed E-state index contributed by atoms with van der Waals surface area (Å²) in [5, 5.41) is 7.87. The first-order valence-corrected chi connectivity index (χ1v) is 18.5. The normalized spacial score (nSPS) is 18.0. The van der Waals surface area contributed by atoms with Gasteiger partial charge in [-0.15, -0.1) is 35.5 Å². The number of unbranched alkanes of at least 4 members (excludes halogenated alkanes) is 10. The zero-order chi connectivity index (χ0) is 33.1. The van der Waals surface area contributed by atoms with Gasteiger partial charge in [-0.25, -0.2) is 9.78 Å². The van der Waals surface area contributed by atoms with E-state index in [1.54, 1.807) is 11.5 Å². The molecule has 0 aromatic carbocycles. The molecule has 12 nitrogen and oxygen atoms in total. The summed E-state index contributed by atoms with van der Waals surface area (Å²) < 4.78 is 17.7. The molecule has 2 aliphatic rings. The summed E-state index contributed by atoms with van der Waals surface area (Å²) in [5.41, 5.74) is 6.02. The average Bonchev–Trinajstić information content (AvgIpc) is 3.49. The number of carbonyl (C=O) groups is 3. The van der Waals surface area contributed by atoms with Gasteiger partial charge in [-0.1, -0.05) is 83.2 Å². The number of nitrogens with zero attached hydrogens (tertiary/aromatic N) is 3. The molecular weight excluding hydrogens is 666 g/mol. The third-order valence-corrected chi connectivity index (χ3v) is 9.56. The number of esters is 1. The number of nitrogens with one attached hydrogen (secondary N) is 1. The van der Waals surface area contributed by atoms with Crippen LogP contribution in [0, 0.1) is 0 Å². The highest BCUT2D eigenvalue weighted by atomic mass is 35.5. The molecule has 2 amide bonds. The number of amides is 2. The van der Waals surface area contributed by atoms with Gasteiger partial charge in [0.2, 0.25) is 0 Å². The first-order chi connectivity index (χ1) is 22.4. The van der Waals surface area contributed by atoms with Crippen molar-refractivity contribution in [2.45, 2.75) is 108 Å². The molecule has 3 unspecified atom stereocenters. The van der Waals surface area contributed by atoms with Crippen molar-refractivity contribution in [3.63, 3.8) is 0 Å². The number of oxime groups is 1. The number of hydrogen-bond acceptors (Lipinski definition) is 12. The number of thiazole rings is 1. The van der Waals surface area contributed by atoms with Crippen LogP contribution in [0.1, 0.15) is 96.6 Å². The van der Waals surface area contributed by atoms with Crippen molar-refractivity contribution >= 4 is 64.1 Å². The minimum Gasteiger partial charge on any atom is -0.458 e. The van der Waals surface area contributed by atoms with Gasteiger partial charge < -0.3 is 30.1 Å². The number of halogens is 1. The smallest absolute Gasteiger partial charge is 0.354 e. The Morgan fingerprint density at radius 2 is 1.70 bits per heavy atom. The second-order valence-corrected chi connectivity index (χ2v) is 13.4. The maximum Gasteiger partial charge on any atom is 0.354 e. The van der Waals surface area contributed by atoms with Gasteiger partial charge in [-0.05, 0) is 18.9 Å². The van der Waals surface area contributed by atoms with E-state index < -0.39 is 35.3 Å². The molecule has 3 rings (SSSR count). The van der Waals surface area contributed by atoms with E-state index in [1.165, 1.54) is 75.1 Å². The molecule has 3 atom stereocenters. The Morgan fingerprint density at radius 1 is 1.04 bits per heavy atom.